The second-order valence-electron chi connectivity index (χ2n) is 23.7. The number of nitrogens with zero attached hydrogens (tertiary/aromatic N) is 15. The van der Waals surface area contributed by atoms with Gasteiger partial charge in [0, 0.05) is 60.6 Å². The molecule has 0 bridgehead atoms. The van der Waals surface area contributed by atoms with Crippen molar-refractivity contribution in [2.45, 2.75) is 174 Å². The zero-order chi connectivity index (χ0) is 66.8. The molecule has 3 aliphatic heterocycles. The second kappa shape index (κ2) is 29.5. The topological polar surface area (TPSA) is 361 Å². The molecular formula is C54H78Cl3N18O13PS3. The highest BCUT2D eigenvalue weighted by molar-refractivity contribution is 7.48. The van der Waals surface area contributed by atoms with Crippen molar-refractivity contribution >= 4 is 110 Å². The molecule has 6 N–H and O–H groups in total. The van der Waals surface area contributed by atoms with Gasteiger partial charge in [-0.1, -0.05) is 89.6 Å². The number of anilines is 3. The molecule has 0 unspecified atom stereocenters. The van der Waals surface area contributed by atoms with E-state index in [1.807, 2.05) is 14.7 Å². The van der Waals surface area contributed by atoms with Crippen LogP contribution in [0.2, 0.25) is 15.5 Å². The molecule has 0 radical (unpaired) electrons. The Morgan fingerprint density at radius 2 is 0.761 bits per heavy atom. The summed E-state index contributed by atoms with van der Waals surface area (Å²) < 4.78 is 55.3. The predicted molar refractivity (Wildman–Crippen MR) is 343 cm³/mol. The molecule has 6 aromatic heterocycles. The van der Waals surface area contributed by atoms with E-state index in [9.17, 15) is 29.7 Å². The van der Waals surface area contributed by atoms with Gasteiger partial charge in [-0.25, -0.2) is 19.5 Å². The van der Waals surface area contributed by atoms with Gasteiger partial charge in [-0.15, -0.1) is 30.6 Å². The number of carbonyl (C=O) groups excluding carboxylic acids is 3. The van der Waals surface area contributed by atoms with E-state index < -0.39 is 99.0 Å². The first-order chi connectivity index (χ1) is 43.5. The van der Waals surface area contributed by atoms with Crippen molar-refractivity contribution in [2.75, 3.05) is 75.3 Å². The van der Waals surface area contributed by atoms with Crippen molar-refractivity contribution in [3.8, 4) is 0 Å². The van der Waals surface area contributed by atoms with Gasteiger partial charge in [0.05, 0.1) is 53.5 Å². The lowest BCUT2D eigenvalue weighted by Crippen LogP contribution is -2.55. The Morgan fingerprint density at radius 3 is 0.978 bits per heavy atom. The number of piperidine rings is 3. The molecule has 0 aliphatic carbocycles. The van der Waals surface area contributed by atoms with Crippen LogP contribution in [0.4, 0.5) is 15.4 Å². The van der Waals surface area contributed by atoms with Crippen LogP contribution in [0.3, 0.4) is 0 Å². The summed E-state index contributed by atoms with van der Waals surface area (Å²) in [5, 5.41) is 69.1. The van der Waals surface area contributed by atoms with Gasteiger partial charge < -0.3 is 60.2 Å². The number of amides is 3. The third-order valence-corrected chi connectivity index (χ3v) is 22.2. The number of aliphatic hydroxyl groups is 3. The minimum atomic E-state index is -5.08. The standard InChI is InChI=1S/C54H78Cl3N18O13PS3/c1-13-28-37(55)73(40(58-28)43(76)61-31-16-19-70(22-34(31)83-10)49-67-64-46(90-49)52(4,5)79)25-86-89(82,87-26-74-38(56)29(14-2)59-41(74)44(77)62-32-17-20-71(23-35(32)84-11)50-68-65-47(91-50)53(6,7)80)88-27-75-39(57)30(15-3)60-42(75)45(78)63-33-18-21-72(24-36(33)85-12)51-69-66-48(92-51)54(8,9)81/h31-36,79-81H,13-27H2,1-12H3,(H,61,76)(H,62,77)(H,63,78)/t31-,32-,33-,34+,35+,36+/m1/s1. The van der Waals surface area contributed by atoms with Crippen molar-refractivity contribution in [3.63, 3.8) is 0 Å². The molecule has 3 aliphatic rings. The van der Waals surface area contributed by atoms with Gasteiger partial charge in [0.2, 0.25) is 32.9 Å². The van der Waals surface area contributed by atoms with Crippen molar-refractivity contribution in [3.05, 3.63) is 65.0 Å². The largest absolute Gasteiger partial charge is 0.480 e. The number of rotatable bonds is 27. The number of phosphoric acid groups is 1. The van der Waals surface area contributed by atoms with E-state index in [0.717, 1.165) is 0 Å². The number of hydrogen-bond acceptors (Lipinski definition) is 28. The first kappa shape index (κ1) is 71.2. The molecule has 6 aromatic rings. The second-order valence-corrected chi connectivity index (χ2v) is 29.3. The Kier molecular flexibility index (Phi) is 22.8. The quantitative estimate of drug-likeness (QED) is 0.0339. The summed E-state index contributed by atoms with van der Waals surface area (Å²) in [4.78, 5) is 63.1. The molecule has 6 atom stereocenters. The monoisotopic (exact) mass is 1420 g/mol. The molecule has 3 saturated heterocycles. The molecule has 3 fully saturated rings. The lowest BCUT2D eigenvalue weighted by molar-refractivity contribution is 0.0456. The number of methoxy groups -OCH3 is 3. The van der Waals surface area contributed by atoms with E-state index in [-0.39, 0.29) is 52.2 Å². The molecule has 31 nitrogen and oxygen atoms in total. The molecule has 0 aromatic carbocycles. The zero-order valence-corrected chi connectivity index (χ0v) is 58.6. The van der Waals surface area contributed by atoms with Crippen molar-refractivity contribution in [1.29, 1.82) is 0 Å². The number of aromatic nitrogens is 12. The van der Waals surface area contributed by atoms with E-state index in [4.69, 9.17) is 62.6 Å². The summed E-state index contributed by atoms with van der Waals surface area (Å²) in [6.07, 6.45) is 0.411. The van der Waals surface area contributed by atoms with Crippen LogP contribution in [-0.2, 0) is 88.6 Å². The minimum absolute atomic E-state index is 0.0284. The van der Waals surface area contributed by atoms with E-state index in [2.05, 4.69) is 61.5 Å². The molecule has 9 heterocycles. The summed E-state index contributed by atoms with van der Waals surface area (Å²) in [6.45, 7) is 15.1. The summed E-state index contributed by atoms with van der Waals surface area (Å²) in [5.74, 6) is -2.66. The first-order valence-corrected chi connectivity index (χ1v) is 34.8. The smallest absolute Gasteiger partial charge is 0.383 e. The van der Waals surface area contributed by atoms with Crippen LogP contribution in [0, 0.1) is 0 Å². The number of carbonyl (C=O) groups is 3. The number of nitrogens with one attached hydrogen (secondary N) is 3. The fourth-order valence-electron chi connectivity index (χ4n) is 10.4. The maximum Gasteiger partial charge on any atom is 0.480 e. The molecule has 9 rings (SSSR count). The van der Waals surface area contributed by atoms with Gasteiger partial charge >= 0.3 is 7.82 Å². The number of imidazole rings is 3. The van der Waals surface area contributed by atoms with Gasteiger partial charge in [-0.3, -0.25) is 41.7 Å². The molecule has 0 spiro atoms. The van der Waals surface area contributed by atoms with Crippen LogP contribution < -0.4 is 30.7 Å². The number of halogens is 3. The predicted octanol–water partition coefficient (Wildman–Crippen LogP) is 5.66. The number of phosphoric ester groups is 1. The Balaban J connectivity index is 0.969. The van der Waals surface area contributed by atoms with Crippen LogP contribution in [0.1, 0.15) is 146 Å². The van der Waals surface area contributed by atoms with E-state index in [1.54, 1.807) is 62.3 Å². The third kappa shape index (κ3) is 16.0. The summed E-state index contributed by atoms with van der Waals surface area (Å²) in [6, 6.07) is -1.62. The fourth-order valence-corrected chi connectivity index (χ4v) is 15.0. The summed E-state index contributed by atoms with van der Waals surface area (Å²) >= 11 is 24.7. The van der Waals surface area contributed by atoms with Crippen LogP contribution in [0.15, 0.2) is 0 Å². The Bertz CT molecular complexity index is 3260. The first-order valence-electron chi connectivity index (χ1n) is 29.7. The highest BCUT2D eigenvalue weighted by Gasteiger charge is 2.40. The maximum atomic E-state index is 15.6. The van der Waals surface area contributed by atoms with Gasteiger partial charge in [0.1, 0.15) is 67.5 Å². The SMILES string of the molecule is CCc1nc(C(=O)N[C@@H]2CCN(c3nnc(C(C)(C)O)s3)C[C@@H]2OC)n(COP(=O)(OCn2c(C(=O)N[C@@H]3CCN(c4nnc(C(C)(C)O)s4)C[C@@H]3OC)nc(CC)c2Cl)OCn2c(C(=O)N[C@@H]3CCN(c4nnc(C(C)(C)O)s4)C[C@@H]3OC)nc(CC)c2Cl)c1Cl. The third-order valence-electron chi connectivity index (χ3n) is 15.7. The molecule has 3 amide bonds. The molecule has 0 saturated carbocycles. The van der Waals surface area contributed by atoms with E-state index >= 15 is 4.57 Å². The van der Waals surface area contributed by atoms with Crippen LogP contribution in [0.5, 0.6) is 0 Å². The van der Waals surface area contributed by atoms with E-state index in [1.165, 1.54) is 69.0 Å². The van der Waals surface area contributed by atoms with Crippen molar-refractivity contribution in [1.82, 2.24) is 75.2 Å². The van der Waals surface area contributed by atoms with Crippen molar-refractivity contribution < 1.29 is 62.1 Å². The Morgan fingerprint density at radius 1 is 0.500 bits per heavy atom. The van der Waals surface area contributed by atoms with Crippen molar-refractivity contribution in [2.24, 2.45) is 0 Å². The highest BCUT2D eigenvalue weighted by Crippen LogP contribution is 2.51. The van der Waals surface area contributed by atoms with E-state index in [0.29, 0.717) is 106 Å². The number of aryl methyl sites for hydroxylation is 3. The minimum Gasteiger partial charge on any atom is -0.383 e. The zero-order valence-electron chi connectivity index (χ0n) is 53.0. The molecule has 38 heteroatoms. The Hall–Kier alpha value is -5.14. The molecule has 92 heavy (non-hydrogen) atoms. The van der Waals surface area contributed by atoms with Crippen LogP contribution in [-0.4, -0.2) is 189 Å². The van der Waals surface area contributed by atoms with Gasteiger partial charge in [-0.2, -0.15) is 0 Å². The molecular weight excluding hydrogens is 1340 g/mol. The Labute approximate surface area is 558 Å². The molecule has 506 valence electrons. The average molecular weight is 1420 g/mol. The summed E-state index contributed by atoms with van der Waals surface area (Å²) in [5.41, 5.74) is -2.65. The van der Waals surface area contributed by atoms with Gasteiger partial charge in [-0.05, 0) is 80.1 Å². The highest BCUT2D eigenvalue weighted by atomic mass is 35.5. The van der Waals surface area contributed by atoms with Gasteiger partial charge in [0.25, 0.3) is 17.7 Å². The average Bonchev–Trinajstić information content (AvgIpc) is 1.61. The maximum absolute atomic E-state index is 15.6. The van der Waals surface area contributed by atoms with Crippen LogP contribution >= 0.6 is 76.6 Å². The van der Waals surface area contributed by atoms with Crippen LogP contribution in [0.25, 0.3) is 0 Å². The lowest BCUT2D eigenvalue weighted by atomic mass is 10.0. The number of ether oxygens (including phenoxy) is 3. The fraction of sp³-hybridized carbons (Fsp3) is 0.667. The lowest BCUT2D eigenvalue weighted by Gasteiger charge is -2.37. The van der Waals surface area contributed by atoms with Gasteiger partial charge in [0.15, 0.2) is 0 Å². The normalized spacial score (nSPS) is 20.3. The number of hydrogen-bond donors (Lipinski definition) is 6. The summed E-state index contributed by atoms with van der Waals surface area (Å²) in [7, 11) is -0.501.